The molecule has 1 saturated heterocycles. The van der Waals surface area contributed by atoms with Gasteiger partial charge in [-0.2, -0.15) is 10.2 Å². The molecule has 7 rings (SSSR count). The highest BCUT2D eigenvalue weighted by Crippen LogP contribution is 2.36. The fraction of sp³-hybridized carbons (Fsp3) is 0.161. The summed E-state index contributed by atoms with van der Waals surface area (Å²) in [6, 6.07) is 28.6. The third kappa shape index (κ3) is 4.31. The summed E-state index contributed by atoms with van der Waals surface area (Å²) in [5, 5.41) is 18.0. The van der Waals surface area contributed by atoms with E-state index in [9.17, 15) is 14.4 Å². The zero-order valence-corrected chi connectivity index (χ0v) is 23.3. The van der Waals surface area contributed by atoms with Crippen LogP contribution in [-0.4, -0.2) is 52.1 Å². The van der Waals surface area contributed by atoms with Gasteiger partial charge in [0.05, 0.1) is 17.4 Å². The average molecular weight is 607 g/mol. The van der Waals surface area contributed by atoms with Crippen LogP contribution in [0, 0.1) is 0 Å². The number of benzene rings is 4. The van der Waals surface area contributed by atoms with E-state index in [-0.39, 0.29) is 18.5 Å². The molecule has 0 radical (unpaired) electrons. The van der Waals surface area contributed by atoms with Gasteiger partial charge < -0.3 is 0 Å². The van der Waals surface area contributed by atoms with Crippen molar-refractivity contribution in [2.24, 2.45) is 15.4 Å². The second-order valence-corrected chi connectivity index (χ2v) is 11.0. The lowest BCUT2D eigenvalue weighted by molar-refractivity contribution is -0.135. The normalized spacial score (nSPS) is 21.6. The first-order valence-corrected chi connectivity index (χ1v) is 14.0. The fourth-order valence-electron chi connectivity index (χ4n) is 5.75. The predicted molar refractivity (Wildman–Crippen MR) is 157 cm³/mol. The van der Waals surface area contributed by atoms with Crippen LogP contribution in [0.3, 0.4) is 0 Å². The summed E-state index contributed by atoms with van der Waals surface area (Å²) >= 11 is 3.39. The number of rotatable bonds is 5. The monoisotopic (exact) mass is 606 g/mol. The number of halogens is 1. The highest BCUT2D eigenvalue weighted by molar-refractivity contribution is 9.10. The van der Waals surface area contributed by atoms with Gasteiger partial charge in [0, 0.05) is 16.5 Å². The number of hydrazone groups is 1. The van der Waals surface area contributed by atoms with Crippen LogP contribution in [0.25, 0.3) is 10.8 Å². The van der Waals surface area contributed by atoms with Crippen LogP contribution in [0.5, 0.6) is 0 Å². The van der Waals surface area contributed by atoms with Crippen LogP contribution in [0.1, 0.15) is 23.6 Å². The largest absolute Gasteiger partial charge is 0.271 e. The lowest BCUT2D eigenvalue weighted by Crippen LogP contribution is -2.44. The first-order chi connectivity index (χ1) is 20.0. The highest BCUT2D eigenvalue weighted by Gasteiger charge is 2.55. The molecular formula is C31H23BrN6O3. The van der Waals surface area contributed by atoms with Crippen molar-refractivity contribution >= 4 is 55.8 Å². The van der Waals surface area contributed by atoms with Gasteiger partial charge in [-0.15, -0.1) is 0 Å². The summed E-state index contributed by atoms with van der Waals surface area (Å²) in [7, 11) is 0. The van der Waals surface area contributed by atoms with Crippen LogP contribution < -0.4 is 4.90 Å². The third-order valence-corrected chi connectivity index (χ3v) is 8.17. The number of hydrogen-bond donors (Lipinski definition) is 0. The Morgan fingerprint density at radius 1 is 0.878 bits per heavy atom. The number of carbonyl (C=O) groups is 3. The van der Waals surface area contributed by atoms with Crippen molar-refractivity contribution in [1.29, 1.82) is 0 Å². The van der Waals surface area contributed by atoms with Gasteiger partial charge in [-0.1, -0.05) is 100 Å². The lowest BCUT2D eigenvalue weighted by atomic mass is 9.95. The van der Waals surface area contributed by atoms with E-state index < -0.39 is 23.9 Å². The maximum Gasteiger partial charge on any atom is 0.264 e. The van der Waals surface area contributed by atoms with Gasteiger partial charge in [0.25, 0.3) is 17.7 Å². The van der Waals surface area contributed by atoms with Gasteiger partial charge in [-0.25, -0.2) is 9.91 Å². The quantitative estimate of drug-likeness (QED) is 0.289. The van der Waals surface area contributed by atoms with Crippen LogP contribution in [0.4, 0.5) is 5.69 Å². The van der Waals surface area contributed by atoms with Crippen LogP contribution in [0.15, 0.2) is 117 Å². The van der Waals surface area contributed by atoms with Gasteiger partial charge >= 0.3 is 0 Å². The summed E-state index contributed by atoms with van der Waals surface area (Å²) in [4.78, 5) is 41.6. The Hall–Kier alpha value is -4.70. The van der Waals surface area contributed by atoms with Crippen molar-refractivity contribution in [2.75, 3.05) is 11.4 Å². The van der Waals surface area contributed by atoms with Gasteiger partial charge in [0.1, 0.15) is 6.54 Å². The Bertz CT molecular complexity index is 1770. The number of anilines is 1. The molecule has 202 valence electrons. The highest BCUT2D eigenvalue weighted by atomic mass is 79.9. The maximum absolute atomic E-state index is 13.9. The Morgan fingerprint density at radius 3 is 2.46 bits per heavy atom. The zero-order valence-electron chi connectivity index (χ0n) is 21.7. The fourth-order valence-corrected chi connectivity index (χ4v) is 6.14. The summed E-state index contributed by atoms with van der Waals surface area (Å²) in [5.41, 5.74) is 3.17. The minimum Gasteiger partial charge on any atom is -0.271 e. The van der Waals surface area contributed by atoms with E-state index in [1.165, 1.54) is 10.0 Å². The van der Waals surface area contributed by atoms with E-state index in [2.05, 4.69) is 44.5 Å². The summed E-state index contributed by atoms with van der Waals surface area (Å²) in [6.45, 7) is -0.244. The molecule has 3 aliphatic rings. The van der Waals surface area contributed by atoms with Crippen molar-refractivity contribution < 1.29 is 14.4 Å². The summed E-state index contributed by atoms with van der Waals surface area (Å²) in [5.74, 6) is -1.26. The molecule has 10 heteroatoms. The number of hydrogen-bond acceptors (Lipinski definition) is 7. The van der Waals surface area contributed by atoms with Gasteiger partial charge in [-0.3, -0.25) is 19.4 Å². The standard InChI is InChI=1S/C31H23BrN6O3/c32-21-12-7-13-22(16-21)37-30(40)28-29(31(37)41)36(35-33-28)18-27(39)38-26(20-9-2-1-3-10-20)17-25(34-38)24-15-6-11-19-8-4-5-14-23(19)24/h1-16,26,28-29H,17-18H2/t26-,28+,29+/m0/s1. The number of nitrogens with zero attached hydrogens (tertiary/aromatic N) is 6. The van der Waals surface area contributed by atoms with E-state index >= 15 is 0 Å². The van der Waals surface area contributed by atoms with Gasteiger partial charge in [-0.05, 0) is 34.5 Å². The minimum absolute atomic E-state index is 0.244. The molecule has 3 aliphatic heterocycles. The van der Waals surface area contributed by atoms with Crippen molar-refractivity contribution in [1.82, 2.24) is 10.0 Å². The molecule has 9 nitrogen and oxygen atoms in total. The van der Waals surface area contributed by atoms with Crippen molar-refractivity contribution in [3.63, 3.8) is 0 Å². The number of amides is 3. The molecule has 0 spiro atoms. The molecule has 0 unspecified atom stereocenters. The first-order valence-electron chi connectivity index (χ1n) is 13.2. The van der Waals surface area contributed by atoms with E-state index in [0.717, 1.165) is 37.0 Å². The van der Waals surface area contributed by atoms with Crippen molar-refractivity contribution in [3.05, 3.63) is 113 Å². The molecule has 4 aromatic rings. The second kappa shape index (κ2) is 10.0. The predicted octanol–water partition coefficient (Wildman–Crippen LogP) is 5.27. The molecule has 0 aliphatic carbocycles. The average Bonchev–Trinajstić information content (AvgIpc) is 3.68. The minimum atomic E-state index is -0.993. The Kier molecular flexibility index (Phi) is 6.19. The molecule has 4 aromatic carbocycles. The molecule has 0 aromatic heterocycles. The topological polar surface area (TPSA) is 98.0 Å². The van der Waals surface area contributed by atoms with Crippen molar-refractivity contribution in [2.45, 2.75) is 24.5 Å². The Balaban J connectivity index is 1.19. The summed E-state index contributed by atoms with van der Waals surface area (Å²) < 4.78 is 0.738. The SMILES string of the molecule is O=C1[C@@H]2N=NN(CC(=O)N3N=C(c4cccc5ccccc45)C[C@H]3c3ccccc3)[C@H]2C(=O)N1c1cccc(Br)c1. The van der Waals surface area contributed by atoms with Gasteiger partial charge in [0.15, 0.2) is 12.1 Å². The molecule has 3 amide bonds. The van der Waals surface area contributed by atoms with Crippen LogP contribution in [-0.2, 0) is 14.4 Å². The number of imide groups is 1. The van der Waals surface area contributed by atoms with E-state index in [0.29, 0.717) is 12.1 Å². The molecule has 0 bridgehead atoms. The number of fused-ring (bicyclic) bond motifs is 2. The molecule has 41 heavy (non-hydrogen) atoms. The smallest absolute Gasteiger partial charge is 0.264 e. The van der Waals surface area contributed by atoms with Crippen molar-refractivity contribution in [3.8, 4) is 0 Å². The van der Waals surface area contributed by atoms with E-state index in [1.54, 1.807) is 18.2 Å². The molecule has 0 N–H and O–H groups in total. The molecule has 3 heterocycles. The molecule has 3 atom stereocenters. The maximum atomic E-state index is 13.9. The Labute approximate surface area is 243 Å². The van der Waals surface area contributed by atoms with E-state index in [1.807, 2.05) is 60.7 Å². The third-order valence-electron chi connectivity index (χ3n) is 7.67. The second-order valence-electron chi connectivity index (χ2n) is 10.1. The molecule has 0 saturated carbocycles. The molecule has 1 fully saturated rings. The number of carbonyl (C=O) groups excluding carboxylic acids is 3. The van der Waals surface area contributed by atoms with Crippen LogP contribution >= 0.6 is 15.9 Å². The van der Waals surface area contributed by atoms with Crippen LogP contribution in [0.2, 0.25) is 0 Å². The zero-order chi connectivity index (χ0) is 28.1. The van der Waals surface area contributed by atoms with Gasteiger partial charge in [0.2, 0.25) is 0 Å². The molecular weight excluding hydrogens is 584 g/mol. The Morgan fingerprint density at radius 2 is 1.63 bits per heavy atom. The lowest BCUT2D eigenvalue weighted by Gasteiger charge is -2.25. The van der Waals surface area contributed by atoms with E-state index in [4.69, 9.17) is 5.10 Å². The summed E-state index contributed by atoms with van der Waals surface area (Å²) in [6.07, 6.45) is 0.533. The first kappa shape index (κ1) is 25.3.